The minimum absolute atomic E-state index is 0.122. The van der Waals surface area contributed by atoms with Gasteiger partial charge in [-0.25, -0.2) is 0 Å². The van der Waals surface area contributed by atoms with Crippen molar-refractivity contribution in [1.82, 2.24) is 0 Å². The van der Waals surface area contributed by atoms with Crippen LogP contribution in [0.15, 0.2) is 18.2 Å². The summed E-state index contributed by atoms with van der Waals surface area (Å²) in [6.07, 6.45) is -3.25. The van der Waals surface area contributed by atoms with Crippen molar-refractivity contribution in [3.8, 4) is 5.75 Å². The molecule has 0 amide bonds. The number of hydrogen-bond donors (Lipinski definition) is 1. The lowest BCUT2D eigenvalue weighted by Gasteiger charge is -2.15. The molecule has 1 aromatic carbocycles. The monoisotopic (exact) mass is 261 g/mol. The van der Waals surface area contributed by atoms with Gasteiger partial charge in [0, 0.05) is 0 Å². The molecule has 0 heterocycles. The quantitative estimate of drug-likeness (QED) is 0.879. The van der Waals surface area contributed by atoms with Gasteiger partial charge in [-0.05, 0) is 48.6 Å². The van der Waals surface area contributed by atoms with Crippen molar-refractivity contribution in [2.45, 2.75) is 39.0 Å². The maximum Gasteiger partial charge on any atom is 0.573 e. The van der Waals surface area contributed by atoms with E-state index in [1.54, 1.807) is 0 Å². The van der Waals surface area contributed by atoms with Crippen molar-refractivity contribution in [2.75, 3.05) is 6.54 Å². The molecule has 2 nitrogen and oxygen atoms in total. The maximum absolute atomic E-state index is 12.2. The first-order valence-corrected chi connectivity index (χ1v) is 5.95. The second-order valence-corrected chi connectivity index (χ2v) is 4.29. The van der Waals surface area contributed by atoms with E-state index in [1.807, 2.05) is 19.9 Å². The summed E-state index contributed by atoms with van der Waals surface area (Å²) in [4.78, 5) is 0. The van der Waals surface area contributed by atoms with Crippen LogP contribution in [0.4, 0.5) is 13.2 Å². The maximum atomic E-state index is 12.2. The van der Waals surface area contributed by atoms with Gasteiger partial charge in [0.15, 0.2) is 0 Å². The van der Waals surface area contributed by atoms with E-state index < -0.39 is 6.36 Å². The molecule has 0 radical (unpaired) electrons. The molecule has 1 rings (SSSR count). The summed E-state index contributed by atoms with van der Waals surface area (Å²) in [6, 6.07) is 4.77. The molecular formula is C13H18F3NO. The first-order chi connectivity index (χ1) is 8.35. The van der Waals surface area contributed by atoms with Gasteiger partial charge in [0.1, 0.15) is 5.75 Å². The van der Waals surface area contributed by atoms with Crippen LogP contribution in [0.25, 0.3) is 0 Å². The van der Waals surface area contributed by atoms with Gasteiger partial charge in [0.05, 0.1) is 0 Å². The van der Waals surface area contributed by atoms with Crippen molar-refractivity contribution in [3.63, 3.8) is 0 Å². The summed E-state index contributed by atoms with van der Waals surface area (Å²) in [5, 5.41) is 0. The van der Waals surface area contributed by atoms with Crippen LogP contribution in [0.5, 0.6) is 5.75 Å². The van der Waals surface area contributed by atoms with Crippen molar-refractivity contribution < 1.29 is 17.9 Å². The van der Waals surface area contributed by atoms with Crippen LogP contribution in [-0.2, 0) is 6.42 Å². The van der Waals surface area contributed by atoms with E-state index >= 15 is 0 Å². The average molecular weight is 261 g/mol. The van der Waals surface area contributed by atoms with E-state index in [1.165, 1.54) is 12.1 Å². The Bertz CT molecular complexity index is 390. The Kier molecular flexibility index (Phi) is 5.02. The molecule has 0 aliphatic heterocycles. The Balaban J connectivity index is 3.01. The number of aryl methyl sites for hydroxylation is 1. The third-order valence-corrected chi connectivity index (χ3v) is 2.80. The Morgan fingerprint density at radius 3 is 2.44 bits per heavy atom. The lowest BCUT2D eigenvalue weighted by molar-refractivity contribution is -0.274. The zero-order valence-electron chi connectivity index (χ0n) is 10.6. The lowest BCUT2D eigenvalue weighted by Crippen LogP contribution is -2.17. The standard InChI is InChI=1S/C13H18F3NO/c1-3-10-6-11(9(2)4-5-17)8-12(7-10)18-13(14,15)16/h6-9H,3-5,17H2,1-2H3. The SMILES string of the molecule is CCc1cc(OC(F)(F)F)cc(C(C)CCN)c1. The molecule has 0 spiro atoms. The molecule has 2 N–H and O–H groups in total. The second-order valence-electron chi connectivity index (χ2n) is 4.29. The molecule has 0 saturated carbocycles. The van der Waals surface area contributed by atoms with Gasteiger partial charge in [0.2, 0.25) is 0 Å². The highest BCUT2D eigenvalue weighted by Gasteiger charge is 2.31. The van der Waals surface area contributed by atoms with E-state index in [0.717, 1.165) is 17.5 Å². The van der Waals surface area contributed by atoms with Crippen LogP contribution in [0.1, 0.15) is 37.3 Å². The van der Waals surface area contributed by atoms with Gasteiger partial charge in [-0.3, -0.25) is 0 Å². The van der Waals surface area contributed by atoms with Crippen molar-refractivity contribution in [1.29, 1.82) is 0 Å². The van der Waals surface area contributed by atoms with E-state index in [4.69, 9.17) is 5.73 Å². The van der Waals surface area contributed by atoms with Gasteiger partial charge < -0.3 is 10.5 Å². The van der Waals surface area contributed by atoms with Gasteiger partial charge in [0.25, 0.3) is 0 Å². The zero-order chi connectivity index (χ0) is 13.8. The van der Waals surface area contributed by atoms with E-state index in [9.17, 15) is 13.2 Å². The van der Waals surface area contributed by atoms with Crippen LogP contribution < -0.4 is 10.5 Å². The Labute approximate surface area is 105 Å². The Morgan fingerprint density at radius 1 is 1.28 bits per heavy atom. The fourth-order valence-electron chi connectivity index (χ4n) is 1.78. The van der Waals surface area contributed by atoms with Gasteiger partial charge >= 0.3 is 6.36 Å². The molecular weight excluding hydrogens is 243 g/mol. The van der Waals surface area contributed by atoms with Crippen LogP contribution in [0, 0.1) is 0 Å². The summed E-state index contributed by atoms with van der Waals surface area (Å²) < 4.78 is 40.6. The number of ether oxygens (including phenoxy) is 1. The highest BCUT2D eigenvalue weighted by molar-refractivity contribution is 5.36. The van der Waals surface area contributed by atoms with E-state index in [0.29, 0.717) is 13.0 Å². The molecule has 0 fully saturated rings. The number of benzene rings is 1. The smallest absolute Gasteiger partial charge is 0.406 e. The molecule has 0 aliphatic rings. The van der Waals surface area contributed by atoms with Crippen molar-refractivity contribution in [3.05, 3.63) is 29.3 Å². The molecule has 0 bridgehead atoms. The number of halogens is 3. The van der Waals surface area contributed by atoms with E-state index in [2.05, 4.69) is 4.74 Å². The molecule has 1 aromatic rings. The number of hydrogen-bond acceptors (Lipinski definition) is 2. The fourth-order valence-corrected chi connectivity index (χ4v) is 1.78. The molecule has 0 saturated heterocycles. The fraction of sp³-hybridized carbons (Fsp3) is 0.538. The molecule has 102 valence electrons. The van der Waals surface area contributed by atoms with E-state index in [-0.39, 0.29) is 11.7 Å². The minimum Gasteiger partial charge on any atom is -0.406 e. The summed E-state index contributed by atoms with van der Waals surface area (Å²) in [6.45, 7) is 4.34. The topological polar surface area (TPSA) is 35.2 Å². The molecule has 5 heteroatoms. The van der Waals surface area contributed by atoms with Gasteiger partial charge in [-0.1, -0.05) is 19.9 Å². The summed E-state index contributed by atoms with van der Waals surface area (Å²) in [5.41, 5.74) is 7.13. The number of rotatable bonds is 5. The van der Waals surface area contributed by atoms with Crippen molar-refractivity contribution in [2.24, 2.45) is 5.73 Å². The summed E-state index contributed by atoms with van der Waals surface area (Å²) >= 11 is 0. The highest BCUT2D eigenvalue weighted by Crippen LogP contribution is 2.29. The normalized spacial score (nSPS) is 13.4. The molecule has 0 aromatic heterocycles. The first-order valence-electron chi connectivity index (χ1n) is 5.95. The lowest BCUT2D eigenvalue weighted by atomic mass is 9.95. The van der Waals surface area contributed by atoms with Gasteiger partial charge in [-0.15, -0.1) is 13.2 Å². The second kappa shape index (κ2) is 6.09. The number of nitrogens with two attached hydrogens (primary N) is 1. The predicted molar refractivity (Wildman–Crippen MR) is 64.6 cm³/mol. The largest absolute Gasteiger partial charge is 0.573 e. The molecule has 1 unspecified atom stereocenters. The highest BCUT2D eigenvalue weighted by atomic mass is 19.4. The Morgan fingerprint density at radius 2 is 1.94 bits per heavy atom. The summed E-state index contributed by atoms with van der Waals surface area (Å²) in [7, 11) is 0. The molecule has 0 aliphatic carbocycles. The Hall–Kier alpha value is -1.23. The third kappa shape index (κ3) is 4.56. The van der Waals surface area contributed by atoms with Gasteiger partial charge in [-0.2, -0.15) is 0 Å². The molecule has 18 heavy (non-hydrogen) atoms. The average Bonchev–Trinajstić information content (AvgIpc) is 2.26. The predicted octanol–water partition coefficient (Wildman–Crippen LogP) is 3.60. The third-order valence-electron chi connectivity index (χ3n) is 2.80. The van der Waals surface area contributed by atoms with Crippen LogP contribution >= 0.6 is 0 Å². The molecule has 1 atom stereocenters. The minimum atomic E-state index is -4.65. The van der Waals surface area contributed by atoms with Crippen LogP contribution in [0.2, 0.25) is 0 Å². The number of alkyl halides is 3. The zero-order valence-corrected chi connectivity index (χ0v) is 10.6. The summed E-state index contributed by atoms with van der Waals surface area (Å²) in [5.74, 6) is -0.0298. The van der Waals surface area contributed by atoms with Crippen LogP contribution in [0.3, 0.4) is 0 Å². The first kappa shape index (κ1) is 14.8. The van der Waals surface area contributed by atoms with Crippen molar-refractivity contribution >= 4 is 0 Å². The van der Waals surface area contributed by atoms with Crippen LogP contribution in [-0.4, -0.2) is 12.9 Å².